The predicted octanol–water partition coefficient (Wildman–Crippen LogP) is 4.37. The summed E-state index contributed by atoms with van der Waals surface area (Å²) in [6, 6.07) is 7.78. The van der Waals surface area contributed by atoms with Gasteiger partial charge in [0.2, 0.25) is 17.7 Å². The van der Waals surface area contributed by atoms with Crippen LogP contribution in [0.2, 0.25) is 0 Å². The van der Waals surface area contributed by atoms with Crippen molar-refractivity contribution >= 4 is 23.6 Å². The minimum atomic E-state index is -0.234. The maximum atomic E-state index is 12.1. The Morgan fingerprint density at radius 3 is 2.44 bits per heavy atom. The zero-order valence-electron chi connectivity index (χ0n) is 16.0. The molecule has 27 heavy (non-hydrogen) atoms. The smallest absolute Gasteiger partial charge is 0.277 e. The SMILES string of the molecule is Cc1cc(C)cc(-c2nnc(SCC(=O)Nc3cc(C(C)(C)C)no3)o2)c1. The van der Waals surface area contributed by atoms with Crippen molar-refractivity contribution in [3.63, 3.8) is 0 Å². The monoisotopic (exact) mass is 386 g/mol. The number of hydrogen-bond donors (Lipinski definition) is 1. The lowest BCUT2D eigenvalue weighted by atomic mass is 9.92. The molecule has 7 nitrogen and oxygen atoms in total. The molecule has 142 valence electrons. The van der Waals surface area contributed by atoms with Gasteiger partial charge in [0, 0.05) is 17.0 Å². The van der Waals surface area contributed by atoms with Gasteiger partial charge in [0.05, 0.1) is 11.4 Å². The van der Waals surface area contributed by atoms with E-state index in [1.165, 1.54) is 11.8 Å². The van der Waals surface area contributed by atoms with Gasteiger partial charge in [-0.3, -0.25) is 10.1 Å². The first kappa shape index (κ1) is 19.2. The van der Waals surface area contributed by atoms with Gasteiger partial charge in [-0.05, 0) is 26.0 Å². The summed E-state index contributed by atoms with van der Waals surface area (Å²) < 4.78 is 10.8. The Hall–Kier alpha value is -2.61. The number of anilines is 1. The summed E-state index contributed by atoms with van der Waals surface area (Å²) in [7, 11) is 0. The fraction of sp³-hybridized carbons (Fsp3) is 0.368. The van der Waals surface area contributed by atoms with Crippen LogP contribution in [-0.2, 0) is 10.2 Å². The van der Waals surface area contributed by atoms with Crippen molar-refractivity contribution in [3.8, 4) is 11.5 Å². The van der Waals surface area contributed by atoms with Gasteiger partial charge in [-0.1, -0.05) is 54.9 Å². The number of hydrogen-bond acceptors (Lipinski definition) is 7. The summed E-state index contributed by atoms with van der Waals surface area (Å²) in [5.74, 6) is 0.657. The molecule has 3 aromatic rings. The van der Waals surface area contributed by atoms with Crippen LogP contribution in [0.5, 0.6) is 0 Å². The highest BCUT2D eigenvalue weighted by Gasteiger charge is 2.20. The predicted molar refractivity (Wildman–Crippen MR) is 104 cm³/mol. The highest BCUT2D eigenvalue weighted by molar-refractivity contribution is 7.99. The second kappa shape index (κ2) is 7.56. The highest BCUT2D eigenvalue weighted by Crippen LogP contribution is 2.26. The van der Waals surface area contributed by atoms with Gasteiger partial charge in [-0.25, -0.2) is 0 Å². The van der Waals surface area contributed by atoms with Crippen molar-refractivity contribution in [2.24, 2.45) is 0 Å². The van der Waals surface area contributed by atoms with Gasteiger partial charge in [0.25, 0.3) is 5.22 Å². The summed E-state index contributed by atoms with van der Waals surface area (Å²) in [4.78, 5) is 12.1. The van der Waals surface area contributed by atoms with Crippen LogP contribution in [0.15, 0.2) is 38.4 Å². The molecular weight excluding hydrogens is 364 g/mol. The topological polar surface area (TPSA) is 94.1 Å². The Balaban J connectivity index is 1.58. The summed E-state index contributed by atoms with van der Waals surface area (Å²) >= 11 is 1.17. The molecule has 0 spiro atoms. The molecule has 1 aromatic carbocycles. The zero-order chi connectivity index (χ0) is 19.6. The molecule has 2 heterocycles. The molecule has 1 N–H and O–H groups in total. The molecule has 0 radical (unpaired) electrons. The van der Waals surface area contributed by atoms with Gasteiger partial charge >= 0.3 is 0 Å². The van der Waals surface area contributed by atoms with E-state index in [9.17, 15) is 4.79 Å². The third-order valence-electron chi connectivity index (χ3n) is 3.74. The summed E-state index contributed by atoms with van der Waals surface area (Å²) in [6.07, 6.45) is 0. The van der Waals surface area contributed by atoms with Crippen LogP contribution in [-0.4, -0.2) is 27.0 Å². The lowest BCUT2D eigenvalue weighted by Crippen LogP contribution is -2.14. The standard InChI is InChI=1S/C19H22N4O3S/c1-11-6-12(2)8-13(7-11)17-21-22-18(25-17)27-10-15(24)20-16-9-14(23-26-16)19(3,4)5/h6-9H,10H2,1-5H3,(H,20,24). The second-order valence-corrected chi connectivity index (χ2v) is 8.34. The number of aryl methyl sites for hydroxylation is 2. The molecule has 0 aliphatic heterocycles. The maximum absolute atomic E-state index is 12.1. The fourth-order valence-electron chi connectivity index (χ4n) is 2.47. The molecule has 3 rings (SSSR count). The molecule has 0 bridgehead atoms. The summed E-state index contributed by atoms with van der Waals surface area (Å²) in [5, 5.41) is 15.1. The third kappa shape index (κ3) is 4.97. The van der Waals surface area contributed by atoms with Gasteiger partial charge < -0.3 is 8.94 Å². The average molecular weight is 386 g/mol. The van der Waals surface area contributed by atoms with Crippen molar-refractivity contribution in [2.75, 3.05) is 11.1 Å². The van der Waals surface area contributed by atoms with Crippen molar-refractivity contribution in [2.45, 2.75) is 45.3 Å². The number of amides is 1. The number of aromatic nitrogens is 3. The van der Waals surface area contributed by atoms with Crippen LogP contribution in [0.1, 0.15) is 37.6 Å². The molecule has 8 heteroatoms. The molecular formula is C19H22N4O3S. The lowest BCUT2D eigenvalue weighted by molar-refractivity contribution is -0.113. The molecule has 0 unspecified atom stereocenters. The van der Waals surface area contributed by atoms with Crippen LogP contribution in [0.4, 0.5) is 5.88 Å². The first-order valence-electron chi connectivity index (χ1n) is 8.53. The molecule has 0 saturated heterocycles. The zero-order valence-corrected chi connectivity index (χ0v) is 16.8. The van der Waals surface area contributed by atoms with Crippen molar-refractivity contribution in [1.82, 2.24) is 15.4 Å². The van der Waals surface area contributed by atoms with Gasteiger partial charge in [0.15, 0.2) is 0 Å². The van der Waals surface area contributed by atoms with E-state index in [0.717, 1.165) is 22.4 Å². The number of rotatable bonds is 5. The Labute approximate surface area is 161 Å². The van der Waals surface area contributed by atoms with Crippen LogP contribution >= 0.6 is 11.8 Å². The molecule has 0 saturated carbocycles. The maximum Gasteiger partial charge on any atom is 0.277 e. The van der Waals surface area contributed by atoms with Crippen molar-refractivity contribution in [1.29, 1.82) is 0 Å². The third-order valence-corrected chi connectivity index (χ3v) is 4.56. The van der Waals surface area contributed by atoms with E-state index in [1.54, 1.807) is 6.07 Å². The average Bonchev–Trinajstić information content (AvgIpc) is 3.21. The number of thioether (sulfide) groups is 1. The first-order valence-corrected chi connectivity index (χ1v) is 9.51. The minimum absolute atomic E-state index is 0.125. The van der Waals surface area contributed by atoms with E-state index in [1.807, 2.05) is 46.8 Å². The minimum Gasteiger partial charge on any atom is -0.411 e. The quantitative estimate of drug-likeness (QED) is 0.651. The molecule has 2 aromatic heterocycles. The molecule has 0 fully saturated rings. The Bertz CT molecular complexity index is 936. The van der Waals surface area contributed by atoms with E-state index in [4.69, 9.17) is 8.94 Å². The largest absolute Gasteiger partial charge is 0.411 e. The van der Waals surface area contributed by atoms with Crippen molar-refractivity contribution in [3.05, 3.63) is 41.1 Å². The van der Waals surface area contributed by atoms with Gasteiger partial charge in [0.1, 0.15) is 0 Å². The molecule has 0 aliphatic rings. The molecule has 1 amide bonds. The number of nitrogens with one attached hydrogen (secondary N) is 1. The van der Waals surface area contributed by atoms with Crippen molar-refractivity contribution < 1.29 is 13.7 Å². The summed E-state index contributed by atoms with van der Waals surface area (Å²) in [6.45, 7) is 10.1. The highest BCUT2D eigenvalue weighted by atomic mass is 32.2. The van der Waals surface area contributed by atoms with Crippen LogP contribution in [0.25, 0.3) is 11.5 Å². The Morgan fingerprint density at radius 2 is 1.81 bits per heavy atom. The normalized spacial score (nSPS) is 11.6. The number of carbonyl (C=O) groups excluding carboxylic acids is 1. The summed E-state index contributed by atoms with van der Waals surface area (Å²) in [5.41, 5.74) is 3.75. The van der Waals surface area contributed by atoms with E-state index >= 15 is 0 Å². The number of carbonyl (C=O) groups is 1. The van der Waals surface area contributed by atoms with Crippen LogP contribution in [0, 0.1) is 13.8 Å². The number of benzene rings is 1. The van der Waals surface area contributed by atoms with E-state index in [-0.39, 0.29) is 17.1 Å². The lowest BCUT2D eigenvalue weighted by Gasteiger charge is -2.12. The molecule has 0 aliphatic carbocycles. The van der Waals surface area contributed by atoms with Crippen LogP contribution < -0.4 is 5.32 Å². The Kier molecular flexibility index (Phi) is 5.36. The number of nitrogens with zero attached hydrogens (tertiary/aromatic N) is 3. The van der Waals surface area contributed by atoms with E-state index in [2.05, 4.69) is 26.7 Å². The Morgan fingerprint density at radius 1 is 1.11 bits per heavy atom. The van der Waals surface area contributed by atoms with Gasteiger partial charge in [-0.2, -0.15) is 0 Å². The van der Waals surface area contributed by atoms with E-state index in [0.29, 0.717) is 17.0 Å². The van der Waals surface area contributed by atoms with Crippen LogP contribution in [0.3, 0.4) is 0 Å². The second-order valence-electron chi connectivity index (χ2n) is 7.41. The first-order chi connectivity index (χ1) is 12.7. The fourth-order valence-corrected chi connectivity index (χ4v) is 3.03. The van der Waals surface area contributed by atoms with E-state index < -0.39 is 0 Å². The van der Waals surface area contributed by atoms with Gasteiger partial charge in [-0.15, -0.1) is 10.2 Å². The molecule has 0 atom stereocenters.